The number of rotatable bonds is 4. The molecular weight excluding hydrogens is 283 g/mol. The molecule has 1 unspecified atom stereocenters. The van der Waals surface area contributed by atoms with E-state index >= 15 is 0 Å². The Kier molecular flexibility index (Phi) is 4.56. The molecule has 1 N–H and O–H groups in total. The Hall–Kier alpha value is -1.56. The molecule has 1 saturated heterocycles. The van der Waals surface area contributed by atoms with Gasteiger partial charge in [-0.25, -0.2) is 13.2 Å². The summed E-state index contributed by atoms with van der Waals surface area (Å²) in [6.07, 6.45) is 1.82. The lowest BCUT2D eigenvalue weighted by molar-refractivity contribution is -0.153. The Bertz CT molecular complexity index is 527. The number of nitrogens with zero attached hydrogens (tertiary/aromatic N) is 1. The van der Waals surface area contributed by atoms with Gasteiger partial charge in [0, 0.05) is 13.1 Å². The minimum Gasteiger partial charge on any atom is -0.481 e. The third kappa shape index (κ3) is 3.20. The first kappa shape index (κ1) is 15.8. The van der Waals surface area contributed by atoms with E-state index in [1.807, 2.05) is 11.8 Å². The van der Waals surface area contributed by atoms with Gasteiger partial charge in [0.15, 0.2) is 17.5 Å². The fourth-order valence-electron chi connectivity index (χ4n) is 2.93. The summed E-state index contributed by atoms with van der Waals surface area (Å²) >= 11 is 0. The average molecular weight is 301 g/mol. The molecule has 0 radical (unpaired) electrons. The first-order valence-corrected chi connectivity index (χ1v) is 6.97. The van der Waals surface area contributed by atoms with Gasteiger partial charge in [-0.1, -0.05) is 6.92 Å². The zero-order valence-electron chi connectivity index (χ0n) is 11.8. The maximum absolute atomic E-state index is 13.2. The van der Waals surface area contributed by atoms with Gasteiger partial charge in [-0.2, -0.15) is 0 Å². The van der Waals surface area contributed by atoms with Crippen LogP contribution in [0, 0.1) is 22.9 Å². The van der Waals surface area contributed by atoms with Crippen molar-refractivity contribution < 1.29 is 23.1 Å². The number of carboxylic acids is 1. The summed E-state index contributed by atoms with van der Waals surface area (Å²) in [5, 5.41) is 9.40. The molecule has 0 amide bonds. The summed E-state index contributed by atoms with van der Waals surface area (Å²) in [6.45, 7) is 3.03. The van der Waals surface area contributed by atoms with E-state index in [-0.39, 0.29) is 6.54 Å². The molecule has 1 aromatic rings. The summed E-state index contributed by atoms with van der Waals surface area (Å²) in [5.41, 5.74) is -0.501. The summed E-state index contributed by atoms with van der Waals surface area (Å²) in [6, 6.07) is 1.92. The van der Waals surface area contributed by atoms with Crippen molar-refractivity contribution in [2.24, 2.45) is 5.41 Å². The van der Waals surface area contributed by atoms with Crippen molar-refractivity contribution in [2.75, 3.05) is 13.1 Å². The highest BCUT2D eigenvalue weighted by molar-refractivity contribution is 5.75. The van der Waals surface area contributed by atoms with Crippen LogP contribution in [0.25, 0.3) is 0 Å². The van der Waals surface area contributed by atoms with E-state index in [1.165, 1.54) is 0 Å². The predicted molar refractivity (Wildman–Crippen MR) is 71.2 cm³/mol. The third-order valence-electron chi connectivity index (χ3n) is 4.24. The summed E-state index contributed by atoms with van der Waals surface area (Å²) in [5.74, 6) is -4.76. The number of aliphatic carboxylic acids is 1. The molecule has 1 heterocycles. The van der Waals surface area contributed by atoms with E-state index < -0.39 is 28.8 Å². The number of likely N-dealkylation sites (tertiary alicyclic amines) is 1. The van der Waals surface area contributed by atoms with Crippen LogP contribution < -0.4 is 0 Å². The summed E-state index contributed by atoms with van der Waals surface area (Å²) in [4.78, 5) is 13.3. The highest BCUT2D eigenvalue weighted by atomic mass is 19.2. The Morgan fingerprint density at radius 2 is 1.95 bits per heavy atom. The Morgan fingerprint density at radius 3 is 2.48 bits per heavy atom. The number of carbonyl (C=O) groups is 1. The standard InChI is InChI=1S/C15H18F3NO2/c1-2-15(14(20)21)4-3-5-19(9-15)8-10-6-11(16)13(18)12(17)7-10/h6-7H,2-5,8-9H2,1H3,(H,20,21). The Balaban J connectivity index is 2.15. The lowest BCUT2D eigenvalue weighted by Crippen LogP contribution is -2.47. The second kappa shape index (κ2) is 6.05. The van der Waals surface area contributed by atoms with Crippen LogP contribution in [0.3, 0.4) is 0 Å². The lowest BCUT2D eigenvalue weighted by Gasteiger charge is -2.39. The van der Waals surface area contributed by atoms with Crippen molar-refractivity contribution in [3.63, 3.8) is 0 Å². The van der Waals surface area contributed by atoms with Gasteiger partial charge < -0.3 is 5.11 Å². The second-order valence-corrected chi connectivity index (χ2v) is 5.63. The first-order valence-electron chi connectivity index (χ1n) is 6.97. The molecule has 1 atom stereocenters. The molecule has 21 heavy (non-hydrogen) atoms. The molecule has 0 spiro atoms. The number of halogens is 3. The maximum Gasteiger partial charge on any atom is 0.310 e. The molecule has 3 nitrogen and oxygen atoms in total. The largest absolute Gasteiger partial charge is 0.481 e. The highest BCUT2D eigenvalue weighted by Gasteiger charge is 2.40. The van der Waals surface area contributed by atoms with E-state index in [0.717, 1.165) is 12.1 Å². The summed E-state index contributed by atoms with van der Waals surface area (Å²) in [7, 11) is 0. The van der Waals surface area contributed by atoms with E-state index in [1.54, 1.807) is 0 Å². The van der Waals surface area contributed by atoms with Crippen molar-refractivity contribution in [3.8, 4) is 0 Å². The molecule has 1 fully saturated rings. The number of benzene rings is 1. The van der Waals surface area contributed by atoms with Crippen LogP contribution in [0.1, 0.15) is 31.7 Å². The number of hydrogen-bond acceptors (Lipinski definition) is 2. The lowest BCUT2D eigenvalue weighted by atomic mass is 9.77. The van der Waals surface area contributed by atoms with Gasteiger partial charge in [0.05, 0.1) is 5.41 Å². The molecular formula is C15H18F3NO2. The fourth-order valence-corrected chi connectivity index (χ4v) is 2.93. The van der Waals surface area contributed by atoms with Crippen LogP contribution in [-0.4, -0.2) is 29.1 Å². The minimum absolute atomic E-state index is 0.211. The molecule has 116 valence electrons. The second-order valence-electron chi connectivity index (χ2n) is 5.63. The molecule has 1 aromatic carbocycles. The van der Waals surface area contributed by atoms with Gasteiger partial charge in [-0.3, -0.25) is 9.69 Å². The van der Waals surface area contributed by atoms with Crippen LogP contribution in [0.15, 0.2) is 12.1 Å². The normalized spacial score (nSPS) is 23.2. The van der Waals surface area contributed by atoms with Gasteiger partial charge >= 0.3 is 5.97 Å². The number of piperidine rings is 1. The Labute approximate surface area is 121 Å². The summed E-state index contributed by atoms with van der Waals surface area (Å²) < 4.78 is 39.4. The van der Waals surface area contributed by atoms with Crippen molar-refractivity contribution in [3.05, 3.63) is 35.1 Å². The molecule has 0 bridgehead atoms. The van der Waals surface area contributed by atoms with Gasteiger partial charge in [0.1, 0.15) is 0 Å². The van der Waals surface area contributed by atoms with Crippen LogP contribution in [0.2, 0.25) is 0 Å². The molecule has 0 aliphatic carbocycles. The quantitative estimate of drug-likeness (QED) is 0.868. The van der Waals surface area contributed by atoms with Crippen LogP contribution in [0.4, 0.5) is 13.2 Å². The van der Waals surface area contributed by atoms with Crippen molar-refractivity contribution in [1.82, 2.24) is 4.90 Å². The number of carboxylic acid groups (broad SMARTS) is 1. The van der Waals surface area contributed by atoms with E-state index in [2.05, 4.69) is 0 Å². The molecule has 1 aliphatic heterocycles. The molecule has 0 saturated carbocycles. The minimum atomic E-state index is -1.48. The predicted octanol–water partition coefficient (Wildman–Crippen LogP) is 3.18. The molecule has 2 rings (SSSR count). The van der Waals surface area contributed by atoms with Gasteiger partial charge in [-0.05, 0) is 43.5 Å². The molecule has 1 aliphatic rings. The van der Waals surface area contributed by atoms with Crippen molar-refractivity contribution in [1.29, 1.82) is 0 Å². The van der Waals surface area contributed by atoms with Crippen LogP contribution >= 0.6 is 0 Å². The van der Waals surface area contributed by atoms with Crippen molar-refractivity contribution in [2.45, 2.75) is 32.7 Å². The monoisotopic (exact) mass is 301 g/mol. The molecule has 0 aromatic heterocycles. The first-order chi connectivity index (χ1) is 9.88. The van der Waals surface area contributed by atoms with Gasteiger partial charge in [-0.15, -0.1) is 0 Å². The SMILES string of the molecule is CCC1(C(=O)O)CCCN(Cc2cc(F)c(F)c(F)c2)C1. The topological polar surface area (TPSA) is 40.5 Å². The molecule has 6 heteroatoms. The van der Waals surface area contributed by atoms with E-state index in [0.29, 0.717) is 37.9 Å². The zero-order chi connectivity index (χ0) is 15.6. The van der Waals surface area contributed by atoms with Crippen LogP contribution in [0.5, 0.6) is 0 Å². The van der Waals surface area contributed by atoms with Gasteiger partial charge in [0.25, 0.3) is 0 Å². The van der Waals surface area contributed by atoms with E-state index in [9.17, 15) is 23.1 Å². The third-order valence-corrected chi connectivity index (χ3v) is 4.24. The average Bonchev–Trinajstić information content (AvgIpc) is 2.44. The highest BCUT2D eigenvalue weighted by Crippen LogP contribution is 2.34. The maximum atomic E-state index is 13.2. The van der Waals surface area contributed by atoms with Gasteiger partial charge in [0.2, 0.25) is 0 Å². The Morgan fingerprint density at radius 1 is 1.33 bits per heavy atom. The van der Waals surface area contributed by atoms with E-state index in [4.69, 9.17) is 0 Å². The van der Waals surface area contributed by atoms with Crippen LogP contribution in [-0.2, 0) is 11.3 Å². The zero-order valence-corrected chi connectivity index (χ0v) is 11.8. The smallest absolute Gasteiger partial charge is 0.310 e. The van der Waals surface area contributed by atoms with Crippen molar-refractivity contribution >= 4 is 5.97 Å². The number of hydrogen-bond donors (Lipinski definition) is 1. The fraction of sp³-hybridized carbons (Fsp3) is 0.533.